The predicted octanol–water partition coefficient (Wildman–Crippen LogP) is 5.24. The summed E-state index contributed by atoms with van der Waals surface area (Å²) in [4.78, 5) is 46.6. The van der Waals surface area contributed by atoms with Crippen molar-refractivity contribution in [2.75, 3.05) is 11.4 Å². The number of benzene rings is 2. The van der Waals surface area contributed by atoms with Crippen LogP contribution in [0.2, 0.25) is 10.0 Å². The van der Waals surface area contributed by atoms with Gasteiger partial charge in [-0.1, -0.05) is 35.3 Å². The second-order valence-corrected chi connectivity index (χ2v) is 10.1. The summed E-state index contributed by atoms with van der Waals surface area (Å²) in [6.07, 6.45) is -1.89. The summed E-state index contributed by atoms with van der Waals surface area (Å²) in [6.45, 7) is 0.0244. The minimum atomic E-state index is -4.85. The zero-order valence-corrected chi connectivity index (χ0v) is 21.4. The molecule has 1 N–H and O–H groups in total. The number of rotatable bonds is 6. The molecule has 2 aliphatic heterocycles. The average Bonchev–Trinajstić information content (AvgIpc) is 3.31. The molecule has 0 radical (unpaired) electrons. The van der Waals surface area contributed by atoms with Gasteiger partial charge in [-0.25, -0.2) is 9.69 Å². The third-order valence-electron chi connectivity index (χ3n) is 6.55. The average molecular weight is 579 g/mol. The summed E-state index contributed by atoms with van der Waals surface area (Å²) in [6, 6.07) is 11.4. The van der Waals surface area contributed by atoms with E-state index in [1.807, 2.05) is 0 Å². The van der Waals surface area contributed by atoms with E-state index in [1.165, 1.54) is 47.6 Å². The number of ether oxygens (including phenoxy) is 1. The number of carbonyl (C=O) groups excluding carboxylic acids is 3. The van der Waals surface area contributed by atoms with Gasteiger partial charge in [-0.2, -0.15) is 0 Å². The lowest BCUT2D eigenvalue weighted by Gasteiger charge is -2.28. The van der Waals surface area contributed by atoms with Gasteiger partial charge in [0.15, 0.2) is 0 Å². The van der Waals surface area contributed by atoms with E-state index < -0.39 is 41.5 Å². The molecule has 0 saturated carbocycles. The summed E-state index contributed by atoms with van der Waals surface area (Å²) in [5, 5.41) is 3.30. The molecule has 5 rings (SSSR count). The Morgan fingerprint density at radius 3 is 2.41 bits per heavy atom. The van der Waals surface area contributed by atoms with Gasteiger partial charge < -0.3 is 15.0 Å². The highest BCUT2D eigenvalue weighted by molar-refractivity contribution is 6.35. The van der Waals surface area contributed by atoms with Crippen LogP contribution < -0.4 is 15.0 Å². The van der Waals surface area contributed by atoms with Crippen molar-refractivity contribution in [1.82, 2.24) is 15.2 Å². The van der Waals surface area contributed by atoms with Gasteiger partial charge in [0.25, 0.3) is 11.8 Å². The number of amides is 4. The monoisotopic (exact) mass is 578 g/mol. The lowest BCUT2D eigenvalue weighted by Crippen LogP contribution is -2.47. The van der Waals surface area contributed by atoms with Crippen LogP contribution in [0.25, 0.3) is 0 Å². The number of halogens is 5. The maximum absolute atomic E-state index is 14.0. The number of urea groups is 1. The third kappa shape index (κ3) is 5.37. The van der Waals surface area contributed by atoms with Crippen LogP contribution in [0.3, 0.4) is 0 Å². The molecular weight excluding hydrogens is 560 g/mol. The fourth-order valence-corrected chi connectivity index (χ4v) is 5.52. The van der Waals surface area contributed by atoms with E-state index in [1.54, 1.807) is 12.1 Å². The van der Waals surface area contributed by atoms with Crippen molar-refractivity contribution in [2.24, 2.45) is 0 Å². The number of pyridine rings is 1. The first-order valence-electron chi connectivity index (χ1n) is 11.6. The van der Waals surface area contributed by atoms with Crippen LogP contribution >= 0.6 is 23.2 Å². The SMILES string of the molecule is O=C(N[C@@H]1CN2C(=O)N(c3cc(Cl)cc(Cl)c3)C(=O)[C@@]2(Cc2ccc(OC(F)(F)F)cc2)C1)c1cccnc1. The lowest BCUT2D eigenvalue weighted by atomic mass is 9.87. The molecule has 0 aliphatic carbocycles. The first kappa shape index (κ1) is 26.8. The largest absolute Gasteiger partial charge is 0.573 e. The molecular formula is C26H19Cl2F3N4O4. The minimum Gasteiger partial charge on any atom is -0.406 e. The topological polar surface area (TPSA) is 91.8 Å². The van der Waals surface area contributed by atoms with E-state index >= 15 is 0 Å². The van der Waals surface area contributed by atoms with E-state index in [0.717, 1.165) is 17.0 Å². The van der Waals surface area contributed by atoms with Crippen LogP contribution in [0, 0.1) is 0 Å². The van der Waals surface area contributed by atoms with Crippen LogP contribution in [-0.2, 0) is 11.2 Å². The Labute approximate surface area is 230 Å². The molecule has 13 heteroatoms. The van der Waals surface area contributed by atoms with Gasteiger partial charge in [-0.05, 0) is 48.0 Å². The van der Waals surface area contributed by atoms with Gasteiger partial charge in [-0.3, -0.25) is 14.6 Å². The maximum Gasteiger partial charge on any atom is 0.573 e. The number of hydrogen-bond acceptors (Lipinski definition) is 5. The van der Waals surface area contributed by atoms with Crippen molar-refractivity contribution in [3.05, 3.63) is 88.2 Å². The summed E-state index contributed by atoms with van der Waals surface area (Å²) in [5.74, 6) is -1.41. The number of fused-ring (bicyclic) bond motifs is 1. The quantitative estimate of drug-likeness (QED) is 0.404. The van der Waals surface area contributed by atoms with Crippen molar-refractivity contribution in [3.63, 3.8) is 0 Å². The molecule has 3 aromatic rings. The first-order valence-corrected chi connectivity index (χ1v) is 12.4. The van der Waals surface area contributed by atoms with Gasteiger partial charge >= 0.3 is 12.4 Å². The van der Waals surface area contributed by atoms with E-state index in [-0.39, 0.29) is 35.1 Å². The second-order valence-electron chi connectivity index (χ2n) is 9.18. The van der Waals surface area contributed by atoms with Gasteiger partial charge in [0.1, 0.15) is 11.3 Å². The number of carbonyl (C=O) groups is 3. The molecule has 0 bridgehead atoms. The summed E-state index contributed by atoms with van der Waals surface area (Å²) >= 11 is 12.2. The standard InChI is InChI=1S/C26H19Cl2F3N4O4/c27-17-8-18(28)10-20(9-17)35-23(37)25(11-15-3-5-21(6-4-15)39-26(29,30)31)12-19(14-34(25)24(35)38)33-22(36)16-2-1-7-32-13-16/h1-10,13,19H,11-12,14H2,(H,33,36)/t19-,25+/m0/s1. The van der Waals surface area contributed by atoms with Gasteiger partial charge in [0.05, 0.1) is 11.3 Å². The number of nitrogens with one attached hydrogen (secondary N) is 1. The Kier molecular flexibility index (Phi) is 6.90. The summed E-state index contributed by atoms with van der Waals surface area (Å²) < 4.78 is 41.7. The van der Waals surface area contributed by atoms with E-state index in [9.17, 15) is 27.6 Å². The Bertz CT molecular complexity index is 1420. The molecule has 3 heterocycles. The molecule has 1 aromatic heterocycles. The van der Waals surface area contributed by atoms with Crippen molar-refractivity contribution in [3.8, 4) is 5.75 Å². The minimum absolute atomic E-state index is 0.0199. The highest BCUT2D eigenvalue weighted by atomic mass is 35.5. The fourth-order valence-electron chi connectivity index (χ4n) is 5.01. The molecule has 2 atom stereocenters. The molecule has 0 unspecified atom stereocenters. The highest BCUT2D eigenvalue weighted by Gasteiger charge is 2.62. The molecule has 39 heavy (non-hydrogen) atoms. The van der Waals surface area contributed by atoms with E-state index in [4.69, 9.17) is 23.2 Å². The number of imide groups is 1. The number of anilines is 1. The lowest BCUT2D eigenvalue weighted by molar-refractivity contribution is -0.274. The molecule has 4 amide bonds. The maximum atomic E-state index is 14.0. The summed E-state index contributed by atoms with van der Waals surface area (Å²) in [7, 11) is 0. The summed E-state index contributed by atoms with van der Waals surface area (Å²) in [5.41, 5.74) is -0.445. The third-order valence-corrected chi connectivity index (χ3v) is 6.98. The van der Waals surface area contributed by atoms with Crippen molar-refractivity contribution < 1.29 is 32.3 Å². The van der Waals surface area contributed by atoms with Crippen LogP contribution in [-0.4, -0.2) is 52.2 Å². The zero-order chi connectivity index (χ0) is 27.9. The first-order chi connectivity index (χ1) is 18.4. The van der Waals surface area contributed by atoms with Crippen LogP contribution in [0.5, 0.6) is 5.75 Å². The van der Waals surface area contributed by atoms with E-state index in [0.29, 0.717) is 11.1 Å². The molecule has 202 valence electrons. The van der Waals surface area contributed by atoms with E-state index in [2.05, 4.69) is 15.0 Å². The molecule has 2 aromatic carbocycles. The molecule has 2 fully saturated rings. The van der Waals surface area contributed by atoms with Gasteiger partial charge in [0.2, 0.25) is 0 Å². The van der Waals surface area contributed by atoms with Gasteiger partial charge in [-0.15, -0.1) is 13.2 Å². The van der Waals surface area contributed by atoms with Crippen LogP contribution in [0.15, 0.2) is 67.0 Å². The predicted molar refractivity (Wildman–Crippen MR) is 136 cm³/mol. The number of hydrogen-bond donors (Lipinski definition) is 1. The van der Waals surface area contributed by atoms with Crippen LogP contribution in [0.1, 0.15) is 22.3 Å². The van der Waals surface area contributed by atoms with Crippen LogP contribution in [0.4, 0.5) is 23.7 Å². The Hall–Kier alpha value is -3.83. The molecule has 0 spiro atoms. The van der Waals surface area contributed by atoms with Crippen molar-refractivity contribution in [1.29, 1.82) is 0 Å². The number of alkyl halides is 3. The molecule has 2 saturated heterocycles. The Morgan fingerprint density at radius 2 is 1.79 bits per heavy atom. The van der Waals surface area contributed by atoms with Crippen molar-refractivity contribution >= 4 is 46.7 Å². The Morgan fingerprint density at radius 1 is 1.10 bits per heavy atom. The molecule has 2 aliphatic rings. The fraction of sp³-hybridized carbons (Fsp3) is 0.231. The Balaban J connectivity index is 1.46. The smallest absolute Gasteiger partial charge is 0.406 e. The van der Waals surface area contributed by atoms with Crippen molar-refractivity contribution in [2.45, 2.75) is 30.8 Å². The number of aromatic nitrogens is 1. The van der Waals surface area contributed by atoms with Gasteiger partial charge in [0, 0.05) is 47.9 Å². The zero-order valence-electron chi connectivity index (χ0n) is 19.9. The molecule has 8 nitrogen and oxygen atoms in total. The highest BCUT2D eigenvalue weighted by Crippen LogP contribution is 2.43. The normalized spacial score (nSPS) is 20.8. The number of nitrogens with zero attached hydrogens (tertiary/aromatic N) is 3. The second kappa shape index (κ2) is 10.0.